The van der Waals surface area contributed by atoms with Gasteiger partial charge in [0.25, 0.3) is 11.8 Å². The van der Waals surface area contributed by atoms with Crippen LogP contribution in [0.5, 0.6) is 5.75 Å². The van der Waals surface area contributed by atoms with Crippen LogP contribution in [0.15, 0.2) is 36.4 Å². The monoisotopic (exact) mass is 440 g/mol. The number of nitrogens with zero attached hydrogens (tertiary/aromatic N) is 1. The Morgan fingerprint density at radius 3 is 2.46 bits per heavy atom. The van der Waals surface area contributed by atoms with Crippen LogP contribution in [0.1, 0.15) is 28.8 Å². The highest BCUT2D eigenvalue weighted by molar-refractivity contribution is 6.43. The number of benzene rings is 2. The van der Waals surface area contributed by atoms with Gasteiger partial charge in [-0.25, -0.2) is 0 Å². The second-order valence-corrected chi connectivity index (χ2v) is 7.68. The van der Waals surface area contributed by atoms with Gasteiger partial charge in [0.15, 0.2) is 6.61 Å². The summed E-state index contributed by atoms with van der Waals surface area (Å²) in [5.41, 5.74) is 1.47. The van der Waals surface area contributed by atoms with E-state index in [2.05, 4.69) is 5.32 Å². The van der Waals surface area contributed by atoms with Crippen molar-refractivity contribution in [3.8, 4) is 5.75 Å². The molecule has 1 aliphatic heterocycles. The van der Waals surface area contributed by atoms with E-state index < -0.39 is 0 Å². The van der Waals surface area contributed by atoms with Crippen molar-refractivity contribution in [3.05, 3.63) is 62.6 Å². The van der Waals surface area contributed by atoms with Crippen LogP contribution < -0.4 is 10.1 Å². The van der Waals surface area contributed by atoms with Crippen LogP contribution in [0.3, 0.4) is 0 Å². The van der Waals surface area contributed by atoms with Gasteiger partial charge >= 0.3 is 0 Å². The Kier molecular flexibility index (Phi) is 7.05. The first-order valence-electron chi connectivity index (χ1n) is 8.86. The number of nitrogens with one attached hydrogen (secondary N) is 1. The minimum Gasteiger partial charge on any atom is -0.482 e. The summed E-state index contributed by atoms with van der Waals surface area (Å²) >= 11 is 17.8. The molecule has 1 aliphatic rings. The van der Waals surface area contributed by atoms with Crippen LogP contribution in [0.4, 0.5) is 0 Å². The van der Waals surface area contributed by atoms with Gasteiger partial charge in [0.05, 0.1) is 15.1 Å². The number of carbonyl (C=O) groups is 2. The summed E-state index contributed by atoms with van der Waals surface area (Å²) in [6.45, 7) is 1.67. The second-order valence-electron chi connectivity index (χ2n) is 6.46. The molecule has 1 N–H and O–H groups in total. The fourth-order valence-electron chi connectivity index (χ4n) is 2.93. The van der Waals surface area contributed by atoms with E-state index >= 15 is 0 Å². The molecule has 3 rings (SSSR count). The first kappa shape index (κ1) is 20.8. The van der Waals surface area contributed by atoms with Gasteiger partial charge in [0.2, 0.25) is 0 Å². The van der Waals surface area contributed by atoms with Crippen molar-refractivity contribution in [1.82, 2.24) is 10.2 Å². The molecule has 2 aromatic rings. The number of halogens is 3. The Bertz CT molecular complexity index is 883. The predicted octanol–water partition coefficient (Wildman–Crippen LogP) is 4.58. The van der Waals surface area contributed by atoms with Crippen molar-refractivity contribution >= 4 is 46.6 Å². The summed E-state index contributed by atoms with van der Waals surface area (Å²) in [5, 5.41) is 3.64. The van der Waals surface area contributed by atoms with Gasteiger partial charge in [-0.3, -0.25) is 9.59 Å². The second kappa shape index (κ2) is 9.50. The molecular weight excluding hydrogens is 423 g/mol. The number of hydrogen-bond donors (Lipinski definition) is 1. The number of rotatable bonds is 6. The molecule has 1 heterocycles. The topological polar surface area (TPSA) is 58.6 Å². The molecule has 0 atom stereocenters. The van der Waals surface area contributed by atoms with Crippen molar-refractivity contribution in [2.24, 2.45) is 0 Å². The Balaban J connectivity index is 1.52. The molecule has 0 unspecified atom stereocenters. The van der Waals surface area contributed by atoms with Crippen LogP contribution in [-0.4, -0.2) is 36.4 Å². The third-order valence-corrected chi connectivity index (χ3v) is 5.41. The highest BCUT2D eigenvalue weighted by Gasteiger charge is 2.19. The Labute approximate surface area is 178 Å². The first-order valence-corrected chi connectivity index (χ1v) is 9.99. The minimum absolute atomic E-state index is 0.0308. The van der Waals surface area contributed by atoms with Gasteiger partial charge in [-0.05, 0) is 36.6 Å². The SMILES string of the molecule is O=C(COc1cc(Cl)c(Cl)cc1Cl)NCc1cccc(C(=O)N2CCCC2)c1. The molecule has 0 aromatic heterocycles. The first-order chi connectivity index (χ1) is 13.4. The molecule has 1 fully saturated rings. The average molecular weight is 442 g/mol. The Hall–Kier alpha value is -1.95. The lowest BCUT2D eigenvalue weighted by molar-refractivity contribution is -0.123. The van der Waals surface area contributed by atoms with E-state index in [9.17, 15) is 9.59 Å². The normalized spacial score (nSPS) is 13.5. The van der Waals surface area contributed by atoms with Crippen molar-refractivity contribution in [2.45, 2.75) is 19.4 Å². The van der Waals surface area contributed by atoms with Crippen molar-refractivity contribution in [3.63, 3.8) is 0 Å². The van der Waals surface area contributed by atoms with Gasteiger partial charge in [-0.15, -0.1) is 0 Å². The van der Waals surface area contributed by atoms with Crippen LogP contribution >= 0.6 is 34.8 Å². The maximum atomic E-state index is 12.5. The zero-order valence-electron chi connectivity index (χ0n) is 15.0. The summed E-state index contributed by atoms with van der Waals surface area (Å²) in [7, 11) is 0. The maximum absolute atomic E-state index is 12.5. The third kappa shape index (κ3) is 5.31. The molecular formula is C20H19Cl3N2O3. The van der Waals surface area contributed by atoms with Gasteiger partial charge in [-0.2, -0.15) is 0 Å². The van der Waals surface area contributed by atoms with E-state index in [0.717, 1.165) is 31.5 Å². The van der Waals surface area contributed by atoms with E-state index in [4.69, 9.17) is 39.5 Å². The zero-order valence-corrected chi connectivity index (χ0v) is 17.3. The van der Waals surface area contributed by atoms with Gasteiger partial charge in [0.1, 0.15) is 5.75 Å². The fraction of sp³-hybridized carbons (Fsp3) is 0.300. The molecule has 0 aliphatic carbocycles. The number of carbonyl (C=O) groups excluding carboxylic acids is 2. The van der Waals surface area contributed by atoms with E-state index in [0.29, 0.717) is 22.2 Å². The molecule has 0 spiro atoms. The lowest BCUT2D eigenvalue weighted by Gasteiger charge is -2.15. The highest BCUT2D eigenvalue weighted by Crippen LogP contribution is 2.33. The number of ether oxygens (including phenoxy) is 1. The largest absolute Gasteiger partial charge is 0.482 e. The highest BCUT2D eigenvalue weighted by atomic mass is 35.5. The molecule has 2 aromatic carbocycles. The Morgan fingerprint density at radius 2 is 1.71 bits per heavy atom. The molecule has 8 heteroatoms. The number of hydrogen-bond acceptors (Lipinski definition) is 3. The van der Waals surface area contributed by atoms with E-state index in [1.807, 2.05) is 17.0 Å². The quantitative estimate of drug-likeness (QED) is 0.668. The summed E-state index contributed by atoms with van der Waals surface area (Å²) < 4.78 is 5.40. The Morgan fingerprint density at radius 1 is 1.00 bits per heavy atom. The lowest BCUT2D eigenvalue weighted by Crippen LogP contribution is -2.29. The van der Waals surface area contributed by atoms with Gasteiger partial charge in [-0.1, -0.05) is 46.9 Å². The fourth-order valence-corrected chi connectivity index (χ4v) is 3.52. The average Bonchev–Trinajstić information content (AvgIpc) is 3.22. The summed E-state index contributed by atoms with van der Waals surface area (Å²) in [6, 6.07) is 10.2. The molecule has 0 radical (unpaired) electrons. The maximum Gasteiger partial charge on any atom is 0.258 e. The van der Waals surface area contributed by atoms with Crippen LogP contribution in [-0.2, 0) is 11.3 Å². The van der Waals surface area contributed by atoms with Crippen LogP contribution in [0.2, 0.25) is 15.1 Å². The lowest BCUT2D eigenvalue weighted by atomic mass is 10.1. The standard InChI is InChI=1S/C20H19Cl3N2O3/c21-15-9-17(23)18(10-16(15)22)28-12-19(26)24-11-13-4-3-5-14(8-13)20(27)25-6-1-2-7-25/h3-5,8-10H,1-2,6-7,11-12H2,(H,24,26). The molecule has 148 valence electrons. The van der Waals surface area contributed by atoms with E-state index in [-0.39, 0.29) is 29.2 Å². The minimum atomic E-state index is -0.321. The van der Waals surface area contributed by atoms with E-state index in [1.54, 1.807) is 12.1 Å². The van der Waals surface area contributed by atoms with Crippen LogP contribution in [0, 0.1) is 0 Å². The molecule has 5 nitrogen and oxygen atoms in total. The zero-order chi connectivity index (χ0) is 20.1. The summed E-state index contributed by atoms with van der Waals surface area (Å²) in [5.74, 6) is -0.00824. The third-order valence-electron chi connectivity index (χ3n) is 4.39. The van der Waals surface area contributed by atoms with Gasteiger partial charge in [0, 0.05) is 31.3 Å². The molecule has 2 amide bonds. The smallest absolute Gasteiger partial charge is 0.258 e. The van der Waals surface area contributed by atoms with Gasteiger partial charge < -0.3 is 15.0 Å². The van der Waals surface area contributed by atoms with Crippen LogP contribution in [0.25, 0.3) is 0 Å². The predicted molar refractivity (Wildman–Crippen MR) is 110 cm³/mol. The summed E-state index contributed by atoms with van der Waals surface area (Å²) in [4.78, 5) is 26.4. The van der Waals surface area contributed by atoms with E-state index in [1.165, 1.54) is 12.1 Å². The van der Waals surface area contributed by atoms with Crippen molar-refractivity contribution in [1.29, 1.82) is 0 Å². The molecule has 0 bridgehead atoms. The summed E-state index contributed by atoms with van der Waals surface area (Å²) in [6.07, 6.45) is 2.09. The molecule has 0 saturated carbocycles. The number of amides is 2. The van der Waals surface area contributed by atoms with Crippen molar-refractivity contribution in [2.75, 3.05) is 19.7 Å². The molecule has 1 saturated heterocycles. The number of likely N-dealkylation sites (tertiary alicyclic amines) is 1. The van der Waals surface area contributed by atoms with Crippen molar-refractivity contribution < 1.29 is 14.3 Å². The molecule has 28 heavy (non-hydrogen) atoms.